The van der Waals surface area contributed by atoms with Gasteiger partial charge in [0.2, 0.25) is 0 Å². The molecule has 6 nitrogen and oxygen atoms in total. The van der Waals surface area contributed by atoms with Crippen LogP contribution >= 0.6 is 0 Å². The number of carbonyl (C=O) groups is 1. The molecule has 1 aromatic heterocycles. The number of esters is 1. The molecule has 0 bridgehead atoms. The molecule has 6 heteroatoms. The van der Waals surface area contributed by atoms with Crippen LogP contribution in [0.2, 0.25) is 0 Å². The van der Waals surface area contributed by atoms with Crippen molar-refractivity contribution in [2.45, 2.75) is 13.8 Å². The Morgan fingerprint density at radius 1 is 1.42 bits per heavy atom. The van der Waals surface area contributed by atoms with Gasteiger partial charge in [-0.2, -0.15) is 4.98 Å². The average Bonchev–Trinajstić information content (AvgIpc) is 2.88. The molecule has 2 rings (SSSR count). The number of hydrogen-bond donors (Lipinski definition) is 0. The quantitative estimate of drug-likeness (QED) is 0.786. The van der Waals surface area contributed by atoms with Gasteiger partial charge in [-0.25, -0.2) is 4.79 Å². The highest BCUT2D eigenvalue weighted by Gasteiger charge is 2.18. The third kappa shape index (κ3) is 2.73. The molecule has 0 unspecified atom stereocenters. The monoisotopic (exact) mass is 262 g/mol. The Bertz CT molecular complexity index is 592. The van der Waals surface area contributed by atoms with E-state index in [-0.39, 0.29) is 18.3 Å². The highest BCUT2D eigenvalue weighted by molar-refractivity contribution is 5.85. The van der Waals surface area contributed by atoms with Crippen molar-refractivity contribution in [2.75, 3.05) is 13.7 Å². The van der Waals surface area contributed by atoms with E-state index in [1.807, 2.05) is 19.1 Å². The van der Waals surface area contributed by atoms with Gasteiger partial charge in [-0.05, 0) is 36.7 Å². The number of nitrogens with zero attached hydrogens (tertiary/aromatic N) is 2. The molecule has 0 saturated carbocycles. The second kappa shape index (κ2) is 5.51. The molecule has 0 atom stereocenters. The third-order valence-electron chi connectivity index (χ3n) is 2.47. The zero-order valence-electron chi connectivity index (χ0n) is 11.0. The Kier molecular flexibility index (Phi) is 3.79. The van der Waals surface area contributed by atoms with E-state index in [1.54, 1.807) is 20.1 Å². The molecule has 1 aromatic carbocycles. The van der Waals surface area contributed by atoms with Crippen LogP contribution in [0.5, 0.6) is 5.75 Å². The Balaban J connectivity index is 2.35. The molecule has 0 N–H and O–H groups in total. The lowest BCUT2D eigenvalue weighted by Gasteiger charge is -2.05. The summed E-state index contributed by atoms with van der Waals surface area (Å²) < 4.78 is 15.1. The normalized spacial score (nSPS) is 10.3. The first-order valence-corrected chi connectivity index (χ1v) is 5.81. The molecule has 100 valence electrons. The molecule has 19 heavy (non-hydrogen) atoms. The van der Waals surface area contributed by atoms with Gasteiger partial charge in [0.15, 0.2) is 0 Å². The van der Waals surface area contributed by atoms with E-state index in [1.165, 1.54) is 0 Å². The number of ether oxygens (including phenoxy) is 2. The topological polar surface area (TPSA) is 74.5 Å². The van der Waals surface area contributed by atoms with Crippen LogP contribution in [-0.2, 0) is 4.74 Å². The van der Waals surface area contributed by atoms with Gasteiger partial charge in [0.05, 0.1) is 19.3 Å². The highest BCUT2D eigenvalue weighted by atomic mass is 16.5. The van der Waals surface area contributed by atoms with Gasteiger partial charge in [-0.15, -0.1) is 0 Å². The van der Waals surface area contributed by atoms with Crippen molar-refractivity contribution in [3.05, 3.63) is 29.6 Å². The standard InChI is InChI=1S/C13H14N2O4/c1-4-18-13(16)11-14-12(19-15-11)9-6-5-8(2)7-10(9)17-3/h5-7H,4H2,1-3H3. The molecule has 0 amide bonds. The fourth-order valence-electron chi connectivity index (χ4n) is 1.59. The van der Waals surface area contributed by atoms with Gasteiger partial charge in [-0.3, -0.25) is 0 Å². The maximum atomic E-state index is 11.5. The van der Waals surface area contributed by atoms with Crippen LogP contribution in [0, 0.1) is 6.92 Å². The summed E-state index contributed by atoms with van der Waals surface area (Å²) >= 11 is 0. The van der Waals surface area contributed by atoms with Crippen molar-refractivity contribution in [1.29, 1.82) is 0 Å². The van der Waals surface area contributed by atoms with Gasteiger partial charge in [0, 0.05) is 0 Å². The number of aromatic nitrogens is 2. The number of aryl methyl sites for hydroxylation is 1. The van der Waals surface area contributed by atoms with Gasteiger partial charge in [0.1, 0.15) is 5.75 Å². The Hall–Kier alpha value is -2.37. The molecule has 2 aromatic rings. The molecule has 0 spiro atoms. The summed E-state index contributed by atoms with van der Waals surface area (Å²) in [6.45, 7) is 3.92. The van der Waals surface area contributed by atoms with E-state index in [4.69, 9.17) is 14.0 Å². The largest absolute Gasteiger partial charge is 0.496 e. The lowest BCUT2D eigenvalue weighted by atomic mass is 10.1. The van der Waals surface area contributed by atoms with Crippen molar-refractivity contribution in [3.63, 3.8) is 0 Å². The van der Waals surface area contributed by atoms with Crippen LogP contribution in [0.15, 0.2) is 22.7 Å². The molecule has 0 aliphatic rings. The van der Waals surface area contributed by atoms with Crippen molar-refractivity contribution in [1.82, 2.24) is 10.1 Å². The molecular formula is C13H14N2O4. The molecule has 0 aliphatic carbocycles. The molecule has 0 radical (unpaired) electrons. The summed E-state index contributed by atoms with van der Waals surface area (Å²) in [6, 6.07) is 5.55. The fraction of sp³-hybridized carbons (Fsp3) is 0.308. The minimum absolute atomic E-state index is 0.0977. The van der Waals surface area contributed by atoms with E-state index in [2.05, 4.69) is 10.1 Å². The molecule has 0 fully saturated rings. The van der Waals surface area contributed by atoms with Crippen LogP contribution in [0.3, 0.4) is 0 Å². The van der Waals surface area contributed by atoms with Crippen molar-refractivity contribution in [2.24, 2.45) is 0 Å². The van der Waals surface area contributed by atoms with E-state index in [0.29, 0.717) is 11.3 Å². The van der Waals surface area contributed by atoms with Crippen LogP contribution in [0.1, 0.15) is 23.1 Å². The first-order chi connectivity index (χ1) is 9.15. The maximum absolute atomic E-state index is 11.5. The van der Waals surface area contributed by atoms with Crippen LogP contribution < -0.4 is 4.74 Å². The van der Waals surface area contributed by atoms with Crippen LogP contribution in [0.4, 0.5) is 0 Å². The predicted molar refractivity (Wildman–Crippen MR) is 67.0 cm³/mol. The summed E-state index contributed by atoms with van der Waals surface area (Å²) in [5.41, 5.74) is 1.68. The van der Waals surface area contributed by atoms with E-state index in [0.717, 1.165) is 5.56 Å². The van der Waals surface area contributed by atoms with Crippen molar-refractivity contribution < 1.29 is 18.8 Å². The minimum atomic E-state index is -0.608. The van der Waals surface area contributed by atoms with E-state index < -0.39 is 5.97 Å². The first kappa shape index (κ1) is 13.1. The summed E-state index contributed by atoms with van der Waals surface area (Å²) in [7, 11) is 1.56. The Morgan fingerprint density at radius 2 is 2.21 bits per heavy atom. The average molecular weight is 262 g/mol. The van der Waals surface area contributed by atoms with Crippen LogP contribution in [0.25, 0.3) is 11.5 Å². The third-order valence-corrected chi connectivity index (χ3v) is 2.47. The zero-order chi connectivity index (χ0) is 13.8. The van der Waals surface area contributed by atoms with Crippen molar-refractivity contribution in [3.8, 4) is 17.2 Å². The van der Waals surface area contributed by atoms with Gasteiger partial charge < -0.3 is 14.0 Å². The molecule has 0 aliphatic heterocycles. The number of hydrogen-bond acceptors (Lipinski definition) is 6. The number of methoxy groups -OCH3 is 1. The molecule has 1 heterocycles. The second-order valence-electron chi connectivity index (χ2n) is 3.85. The summed E-state index contributed by atoms with van der Waals surface area (Å²) in [6.07, 6.45) is 0. The van der Waals surface area contributed by atoms with Gasteiger partial charge in [-0.1, -0.05) is 6.07 Å². The molecule has 0 saturated heterocycles. The first-order valence-electron chi connectivity index (χ1n) is 5.81. The fourth-order valence-corrected chi connectivity index (χ4v) is 1.59. The number of carbonyl (C=O) groups excluding carboxylic acids is 1. The minimum Gasteiger partial charge on any atom is -0.496 e. The number of rotatable bonds is 4. The Morgan fingerprint density at radius 3 is 2.89 bits per heavy atom. The molecular weight excluding hydrogens is 248 g/mol. The number of benzene rings is 1. The van der Waals surface area contributed by atoms with E-state index >= 15 is 0 Å². The predicted octanol–water partition coefficient (Wildman–Crippen LogP) is 2.23. The lowest BCUT2D eigenvalue weighted by Crippen LogP contribution is -2.06. The van der Waals surface area contributed by atoms with Crippen LogP contribution in [-0.4, -0.2) is 29.8 Å². The summed E-state index contributed by atoms with van der Waals surface area (Å²) in [4.78, 5) is 15.5. The lowest BCUT2D eigenvalue weighted by molar-refractivity contribution is 0.0508. The SMILES string of the molecule is CCOC(=O)c1noc(-c2ccc(C)cc2OC)n1. The Labute approximate surface area is 110 Å². The van der Waals surface area contributed by atoms with E-state index in [9.17, 15) is 4.79 Å². The smallest absolute Gasteiger partial charge is 0.379 e. The maximum Gasteiger partial charge on any atom is 0.379 e. The zero-order valence-corrected chi connectivity index (χ0v) is 11.0. The summed E-state index contributed by atoms with van der Waals surface area (Å²) in [5.74, 6) is 0.127. The summed E-state index contributed by atoms with van der Waals surface area (Å²) in [5, 5.41) is 3.59. The van der Waals surface area contributed by atoms with Crippen molar-refractivity contribution >= 4 is 5.97 Å². The highest BCUT2D eigenvalue weighted by Crippen LogP contribution is 2.29. The second-order valence-corrected chi connectivity index (χ2v) is 3.85. The van der Waals surface area contributed by atoms with Gasteiger partial charge >= 0.3 is 5.97 Å². The van der Waals surface area contributed by atoms with Gasteiger partial charge in [0.25, 0.3) is 11.7 Å².